The van der Waals surface area contributed by atoms with Gasteiger partial charge in [-0.3, -0.25) is 9.78 Å². The van der Waals surface area contributed by atoms with Gasteiger partial charge >= 0.3 is 0 Å². The molecule has 202 valence electrons. The van der Waals surface area contributed by atoms with Crippen LogP contribution < -0.4 is 14.8 Å². The van der Waals surface area contributed by atoms with E-state index in [0.29, 0.717) is 42.8 Å². The van der Waals surface area contributed by atoms with Crippen LogP contribution in [0.1, 0.15) is 18.5 Å². The number of likely N-dealkylation sites (N-methyl/N-ethyl adjacent to an activating group) is 1. The normalized spacial score (nSPS) is 14.0. The van der Waals surface area contributed by atoms with E-state index >= 15 is 0 Å². The van der Waals surface area contributed by atoms with E-state index in [-0.39, 0.29) is 12.0 Å². The predicted molar refractivity (Wildman–Crippen MR) is 152 cm³/mol. The van der Waals surface area contributed by atoms with Gasteiger partial charge in [-0.15, -0.1) is 0 Å². The summed E-state index contributed by atoms with van der Waals surface area (Å²) >= 11 is 6.50. The van der Waals surface area contributed by atoms with Crippen LogP contribution in [0.15, 0.2) is 67.1 Å². The lowest BCUT2D eigenvalue weighted by Gasteiger charge is -2.32. The second-order valence-electron chi connectivity index (χ2n) is 9.72. The first-order chi connectivity index (χ1) is 18.9. The lowest BCUT2D eigenvalue weighted by molar-refractivity contribution is -0.133. The third-order valence-electron chi connectivity index (χ3n) is 6.45. The summed E-state index contributed by atoms with van der Waals surface area (Å²) in [6.45, 7) is 2.16. The Bertz CT molecular complexity index is 1430. The number of hydrogen-bond donors (Lipinski definition) is 1. The largest absolute Gasteiger partial charge is 0.490 e. The molecule has 2 aromatic heterocycles. The molecule has 3 heterocycles. The Morgan fingerprint density at radius 2 is 1.92 bits per heavy atom. The van der Waals surface area contributed by atoms with E-state index in [1.165, 1.54) is 6.33 Å². The maximum Gasteiger partial charge on any atom is 0.236 e. The molecule has 0 saturated carbocycles. The maximum absolute atomic E-state index is 12.3. The van der Waals surface area contributed by atoms with Gasteiger partial charge in [-0.25, -0.2) is 9.97 Å². The molecule has 0 bridgehead atoms. The third-order valence-corrected chi connectivity index (χ3v) is 6.75. The molecule has 39 heavy (non-hydrogen) atoms. The van der Waals surface area contributed by atoms with Gasteiger partial charge in [-0.2, -0.15) is 0 Å². The molecule has 10 heteroatoms. The molecule has 9 nitrogen and oxygen atoms in total. The van der Waals surface area contributed by atoms with Crippen LogP contribution in [0, 0.1) is 0 Å². The van der Waals surface area contributed by atoms with E-state index in [1.807, 2.05) is 72.4 Å². The lowest BCUT2D eigenvalue weighted by atomic mass is 10.1. The molecule has 0 spiro atoms. The Hall–Kier alpha value is -3.95. The number of amides is 1. The number of halogens is 1. The molecule has 1 fully saturated rings. The van der Waals surface area contributed by atoms with Crippen molar-refractivity contribution in [3.8, 4) is 11.5 Å². The van der Waals surface area contributed by atoms with Crippen LogP contribution in [-0.2, 0) is 11.4 Å². The first-order valence-corrected chi connectivity index (χ1v) is 13.3. The average Bonchev–Trinajstić information content (AvgIpc) is 2.93. The van der Waals surface area contributed by atoms with Crippen molar-refractivity contribution in [1.29, 1.82) is 0 Å². The Balaban J connectivity index is 1.24. The number of nitrogens with zero attached hydrogens (tertiary/aromatic N) is 5. The number of piperidine rings is 1. The summed E-state index contributed by atoms with van der Waals surface area (Å²) in [5.41, 5.74) is 2.39. The zero-order chi connectivity index (χ0) is 27.2. The number of likely N-dealkylation sites (tertiary alicyclic amines) is 1. The number of nitrogens with one attached hydrogen (secondary N) is 1. The number of fused-ring (bicyclic) bond motifs is 1. The number of ether oxygens (including phenoxy) is 2. The summed E-state index contributed by atoms with van der Waals surface area (Å²) in [5.74, 6) is 2.12. The molecule has 5 rings (SSSR count). The fourth-order valence-corrected chi connectivity index (χ4v) is 4.70. The molecule has 0 atom stereocenters. The molecular formula is C29H31ClN6O3. The SMILES string of the molecule is CN(C)CC(=O)N1CCC(Oc2ccc3ncnc(Nc4ccc(OCc5ccccn5)c(Cl)c4)c3c2)CC1. The first-order valence-electron chi connectivity index (χ1n) is 12.9. The Labute approximate surface area is 232 Å². The fourth-order valence-electron chi connectivity index (χ4n) is 4.46. The van der Waals surface area contributed by atoms with E-state index in [0.717, 1.165) is 40.9 Å². The molecule has 4 aromatic rings. The van der Waals surface area contributed by atoms with Gasteiger partial charge in [0.25, 0.3) is 0 Å². The standard InChI is InChI=1S/C29H31ClN6O3/c1-35(2)17-28(37)36-13-10-22(11-14-36)39-23-7-8-26-24(16-23)29(33-19-32-26)34-20-6-9-27(25(30)15-20)38-18-21-5-3-4-12-31-21/h3-9,12,15-16,19,22H,10-11,13-14,17-18H2,1-2H3,(H,32,33,34). The zero-order valence-electron chi connectivity index (χ0n) is 22.0. The van der Waals surface area contributed by atoms with Crippen molar-refractivity contribution in [3.05, 3.63) is 77.8 Å². The van der Waals surface area contributed by atoms with Gasteiger partial charge in [0.2, 0.25) is 5.91 Å². The number of benzene rings is 2. The van der Waals surface area contributed by atoms with Crippen LogP contribution in [0.2, 0.25) is 5.02 Å². The second kappa shape index (κ2) is 12.3. The average molecular weight is 547 g/mol. The minimum atomic E-state index is 0.0457. The molecule has 1 N–H and O–H groups in total. The molecule has 0 aliphatic carbocycles. The van der Waals surface area contributed by atoms with Crippen molar-refractivity contribution in [2.75, 3.05) is 39.0 Å². The predicted octanol–water partition coefficient (Wildman–Crippen LogP) is 4.93. The molecule has 1 saturated heterocycles. The van der Waals surface area contributed by atoms with E-state index in [1.54, 1.807) is 12.3 Å². The van der Waals surface area contributed by atoms with Gasteiger partial charge in [0, 0.05) is 43.2 Å². The highest BCUT2D eigenvalue weighted by molar-refractivity contribution is 6.32. The number of rotatable bonds is 9. The van der Waals surface area contributed by atoms with Crippen molar-refractivity contribution in [2.24, 2.45) is 0 Å². The van der Waals surface area contributed by atoms with Gasteiger partial charge in [0.1, 0.15) is 36.4 Å². The van der Waals surface area contributed by atoms with Crippen molar-refractivity contribution in [1.82, 2.24) is 24.8 Å². The Morgan fingerprint density at radius 3 is 2.67 bits per heavy atom. The summed E-state index contributed by atoms with van der Waals surface area (Å²) < 4.78 is 12.1. The summed E-state index contributed by atoms with van der Waals surface area (Å²) in [7, 11) is 3.81. The van der Waals surface area contributed by atoms with Crippen LogP contribution in [0.4, 0.5) is 11.5 Å². The molecule has 1 aliphatic rings. The van der Waals surface area contributed by atoms with Crippen molar-refractivity contribution >= 4 is 39.9 Å². The number of anilines is 2. The van der Waals surface area contributed by atoms with E-state index in [2.05, 4.69) is 20.3 Å². The number of carbonyl (C=O) groups is 1. The van der Waals surface area contributed by atoms with E-state index in [4.69, 9.17) is 21.1 Å². The van der Waals surface area contributed by atoms with Gasteiger partial charge in [-0.05, 0) is 62.6 Å². The quantitative estimate of drug-likeness (QED) is 0.316. The zero-order valence-corrected chi connectivity index (χ0v) is 22.8. The van der Waals surface area contributed by atoms with Crippen LogP contribution in [0.25, 0.3) is 10.9 Å². The van der Waals surface area contributed by atoms with Crippen LogP contribution in [-0.4, -0.2) is 70.5 Å². The number of hydrogen-bond acceptors (Lipinski definition) is 8. The molecule has 2 aromatic carbocycles. The van der Waals surface area contributed by atoms with E-state index < -0.39 is 0 Å². The number of carbonyl (C=O) groups excluding carboxylic acids is 1. The molecule has 0 radical (unpaired) electrons. The minimum absolute atomic E-state index is 0.0457. The van der Waals surface area contributed by atoms with Crippen molar-refractivity contribution < 1.29 is 14.3 Å². The van der Waals surface area contributed by atoms with Crippen molar-refractivity contribution in [2.45, 2.75) is 25.6 Å². The highest BCUT2D eigenvalue weighted by atomic mass is 35.5. The first kappa shape index (κ1) is 26.6. The van der Waals surface area contributed by atoms with Crippen LogP contribution >= 0.6 is 11.6 Å². The van der Waals surface area contributed by atoms with E-state index in [9.17, 15) is 4.79 Å². The van der Waals surface area contributed by atoms with Crippen LogP contribution in [0.5, 0.6) is 11.5 Å². The molecule has 1 aliphatic heterocycles. The lowest BCUT2D eigenvalue weighted by Crippen LogP contribution is -2.44. The number of aromatic nitrogens is 3. The Morgan fingerprint density at radius 1 is 1.08 bits per heavy atom. The molecular weight excluding hydrogens is 516 g/mol. The minimum Gasteiger partial charge on any atom is -0.490 e. The van der Waals surface area contributed by atoms with Gasteiger partial charge < -0.3 is 24.6 Å². The van der Waals surface area contributed by atoms with Gasteiger partial charge in [0.15, 0.2) is 0 Å². The second-order valence-corrected chi connectivity index (χ2v) is 10.1. The summed E-state index contributed by atoms with van der Waals surface area (Å²) in [4.78, 5) is 29.3. The topological polar surface area (TPSA) is 92.7 Å². The Kier molecular flexibility index (Phi) is 8.39. The molecule has 0 unspecified atom stereocenters. The number of pyridine rings is 1. The smallest absolute Gasteiger partial charge is 0.236 e. The highest BCUT2D eigenvalue weighted by Crippen LogP contribution is 2.32. The molecule has 1 amide bonds. The van der Waals surface area contributed by atoms with Crippen LogP contribution in [0.3, 0.4) is 0 Å². The van der Waals surface area contributed by atoms with Gasteiger partial charge in [0.05, 0.1) is 22.8 Å². The monoisotopic (exact) mass is 546 g/mol. The maximum atomic E-state index is 12.3. The fraction of sp³-hybridized carbons (Fsp3) is 0.310. The van der Waals surface area contributed by atoms with Crippen molar-refractivity contribution in [3.63, 3.8) is 0 Å². The summed E-state index contributed by atoms with van der Waals surface area (Å²) in [5, 5.41) is 4.66. The summed E-state index contributed by atoms with van der Waals surface area (Å²) in [6.07, 6.45) is 4.89. The van der Waals surface area contributed by atoms with Gasteiger partial charge in [-0.1, -0.05) is 17.7 Å². The summed E-state index contributed by atoms with van der Waals surface area (Å²) in [6, 6.07) is 17.0. The highest BCUT2D eigenvalue weighted by Gasteiger charge is 2.24. The third kappa shape index (κ3) is 6.93.